The summed E-state index contributed by atoms with van der Waals surface area (Å²) >= 11 is 1.34. The summed E-state index contributed by atoms with van der Waals surface area (Å²) < 4.78 is 7.58. The van der Waals surface area contributed by atoms with Gasteiger partial charge in [-0.25, -0.2) is 9.79 Å². The van der Waals surface area contributed by atoms with E-state index in [4.69, 9.17) is 4.74 Å². The summed E-state index contributed by atoms with van der Waals surface area (Å²) in [5, 5.41) is 2.18. The molecule has 0 N–H and O–H groups in total. The maximum atomic E-state index is 13.8. The molecule has 4 aromatic rings. The smallest absolute Gasteiger partial charge is 0.338 e. The van der Waals surface area contributed by atoms with Crippen molar-refractivity contribution in [3.63, 3.8) is 0 Å². The molecule has 3 aromatic carbocycles. The summed E-state index contributed by atoms with van der Waals surface area (Å²) in [7, 11) is 3.94. The molecule has 36 heavy (non-hydrogen) atoms. The molecule has 0 aliphatic carbocycles. The Morgan fingerprint density at radius 1 is 1.08 bits per heavy atom. The van der Waals surface area contributed by atoms with Gasteiger partial charge < -0.3 is 9.64 Å². The molecule has 6 nitrogen and oxygen atoms in total. The molecule has 0 saturated heterocycles. The van der Waals surface area contributed by atoms with Gasteiger partial charge in [0.15, 0.2) is 4.80 Å². The van der Waals surface area contributed by atoms with E-state index < -0.39 is 12.0 Å². The van der Waals surface area contributed by atoms with E-state index >= 15 is 0 Å². The highest BCUT2D eigenvalue weighted by atomic mass is 32.1. The maximum Gasteiger partial charge on any atom is 0.338 e. The zero-order valence-electron chi connectivity index (χ0n) is 20.7. The van der Waals surface area contributed by atoms with Gasteiger partial charge in [0.25, 0.3) is 5.56 Å². The van der Waals surface area contributed by atoms with Crippen molar-refractivity contribution in [1.29, 1.82) is 0 Å². The second kappa shape index (κ2) is 9.59. The number of allylic oxidation sites excluding steroid dienone is 1. The summed E-state index contributed by atoms with van der Waals surface area (Å²) in [6.45, 7) is 3.82. The molecule has 0 spiro atoms. The van der Waals surface area contributed by atoms with Crippen LogP contribution in [0.3, 0.4) is 0 Å². The molecular formula is C29H27N3O3S. The molecule has 0 radical (unpaired) electrons. The van der Waals surface area contributed by atoms with E-state index in [1.54, 1.807) is 18.4 Å². The van der Waals surface area contributed by atoms with Crippen LogP contribution in [0.25, 0.3) is 16.8 Å². The maximum absolute atomic E-state index is 13.8. The second-order valence-electron chi connectivity index (χ2n) is 8.86. The molecule has 2 heterocycles. The van der Waals surface area contributed by atoms with E-state index in [9.17, 15) is 9.59 Å². The van der Waals surface area contributed by atoms with Crippen molar-refractivity contribution in [2.45, 2.75) is 19.9 Å². The Hall–Kier alpha value is -3.97. The molecular weight excluding hydrogens is 470 g/mol. The number of esters is 1. The molecule has 5 rings (SSSR count). The van der Waals surface area contributed by atoms with Crippen LogP contribution in [0, 0.1) is 0 Å². The molecule has 7 heteroatoms. The molecule has 0 unspecified atom stereocenters. The van der Waals surface area contributed by atoms with Gasteiger partial charge in [0.2, 0.25) is 0 Å². The average molecular weight is 498 g/mol. The lowest BCUT2D eigenvalue weighted by Gasteiger charge is -2.25. The summed E-state index contributed by atoms with van der Waals surface area (Å²) in [4.78, 5) is 34.2. The predicted molar refractivity (Wildman–Crippen MR) is 145 cm³/mol. The zero-order chi connectivity index (χ0) is 25.4. The normalized spacial score (nSPS) is 15.6. The van der Waals surface area contributed by atoms with Crippen molar-refractivity contribution < 1.29 is 9.53 Å². The van der Waals surface area contributed by atoms with E-state index in [-0.39, 0.29) is 12.2 Å². The molecule has 0 amide bonds. The molecule has 0 fully saturated rings. The zero-order valence-corrected chi connectivity index (χ0v) is 21.5. The van der Waals surface area contributed by atoms with Crippen LogP contribution in [0.2, 0.25) is 0 Å². The van der Waals surface area contributed by atoms with Gasteiger partial charge in [-0.1, -0.05) is 65.9 Å². The fourth-order valence-corrected chi connectivity index (χ4v) is 5.62. The molecule has 1 aromatic heterocycles. The Balaban J connectivity index is 1.73. The quantitative estimate of drug-likeness (QED) is 0.391. The van der Waals surface area contributed by atoms with Gasteiger partial charge in [0.1, 0.15) is 0 Å². The van der Waals surface area contributed by atoms with Crippen LogP contribution >= 0.6 is 11.3 Å². The second-order valence-corrected chi connectivity index (χ2v) is 9.87. The SMILES string of the molecule is CCOC(=O)C1=C(C)N=c2s/c(=C\c3cccc4ccccc34)c(=O)n2[C@H]1c1ccc(N(C)C)cc1. The van der Waals surface area contributed by atoms with Gasteiger partial charge >= 0.3 is 5.97 Å². The largest absolute Gasteiger partial charge is 0.463 e. The van der Waals surface area contributed by atoms with E-state index in [0.717, 1.165) is 27.6 Å². The van der Waals surface area contributed by atoms with Gasteiger partial charge in [-0.2, -0.15) is 0 Å². The highest BCUT2D eigenvalue weighted by Gasteiger charge is 2.33. The summed E-state index contributed by atoms with van der Waals surface area (Å²) in [6, 6.07) is 21.4. The minimum atomic E-state index is -0.619. The number of carbonyl (C=O) groups excluding carboxylic acids is 1. The number of rotatable bonds is 5. The van der Waals surface area contributed by atoms with Gasteiger partial charge in [-0.15, -0.1) is 0 Å². The van der Waals surface area contributed by atoms with Crippen molar-refractivity contribution in [3.8, 4) is 0 Å². The minimum Gasteiger partial charge on any atom is -0.463 e. The first-order valence-corrected chi connectivity index (χ1v) is 12.7. The third-order valence-electron chi connectivity index (χ3n) is 6.35. The van der Waals surface area contributed by atoms with E-state index in [0.29, 0.717) is 20.6 Å². The third kappa shape index (κ3) is 4.16. The standard InChI is InChI=1S/C29H27N3O3S/c1-5-35-28(34)25-18(2)30-29-32(26(25)20-13-15-22(16-14-20)31(3)4)27(33)24(36-29)17-21-11-8-10-19-9-6-7-12-23(19)21/h6-17,26H,5H2,1-4H3/b24-17-/t26-/m0/s1. The first kappa shape index (κ1) is 23.8. The van der Waals surface area contributed by atoms with Crippen molar-refractivity contribution in [2.75, 3.05) is 25.6 Å². The number of aromatic nitrogens is 1. The number of carbonyl (C=O) groups is 1. The number of fused-ring (bicyclic) bond motifs is 2. The van der Waals surface area contributed by atoms with Crippen LogP contribution in [0.4, 0.5) is 5.69 Å². The lowest BCUT2D eigenvalue weighted by Crippen LogP contribution is -2.39. The number of benzene rings is 3. The Kier molecular flexibility index (Phi) is 6.33. The Bertz CT molecular complexity index is 1670. The van der Waals surface area contributed by atoms with Crippen molar-refractivity contribution in [3.05, 3.63) is 109 Å². The van der Waals surface area contributed by atoms with Gasteiger partial charge in [-0.3, -0.25) is 9.36 Å². The van der Waals surface area contributed by atoms with Crippen molar-refractivity contribution in [2.24, 2.45) is 4.99 Å². The van der Waals surface area contributed by atoms with Gasteiger partial charge in [0.05, 0.1) is 28.5 Å². The topological polar surface area (TPSA) is 63.9 Å². The molecule has 1 atom stereocenters. The van der Waals surface area contributed by atoms with Crippen LogP contribution in [-0.2, 0) is 9.53 Å². The fraction of sp³-hybridized carbons (Fsp3) is 0.207. The molecule has 1 aliphatic heterocycles. The number of nitrogens with zero attached hydrogens (tertiary/aromatic N) is 3. The number of ether oxygens (including phenoxy) is 1. The van der Waals surface area contributed by atoms with E-state index in [1.165, 1.54) is 11.3 Å². The monoisotopic (exact) mass is 497 g/mol. The van der Waals surface area contributed by atoms with Gasteiger partial charge in [0, 0.05) is 19.8 Å². The highest BCUT2D eigenvalue weighted by Crippen LogP contribution is 2.31. The average Bonchev–Trinajstić information content (AvgIpc) is 3.17. The number of anilines is 1. The summed E-state index contributed by atoms with van der Waals surface area (Å²) in [5.74, 6) is -0.455. The van der Waals surface area contributed by atoms with Crippen LogP contribution in [-0.4, -0.2) is 31.2 Å². The lowest BCUT2D eigenvalue weighted by molar-refractivity contribution is -0.139. The Labute approximate surface area is 213 Å². The first-order valence-electron chi connectivity index (χ1n) is 11.8. The van der Waals surface area contributed by atoms with Crippen LogP contribution in [0.1, 0.15) is 31.0 Å². The third-order valence-corrected chi connectivity index (χ3v) is 7.34. The van der Waals surface area contributed by atoms with Crippen molar-refractivity contribution in [1.82, 2.24) is 4.57 Å². The Morgan fingerprint density at radius 3 is 2.53 bits per heavy atom. The summed E-state index contributed by atoms with van der Waals surface area (Å²) in [6.07, 6.45) is 1.92. The van der Waals surface area contributed by atoms with Crippen LogP contribution < -0.4 is 19.8 Å². The molecule has 0 saturated carbocycles. The van der Waals surface area contributed by atoms with Crippen LogP contribution in [0.15, 0.2) is 87.8 Å². The first-order chi connectivity index (χ1) is 17.4. The lowest BCUT2D eigenvalue weighted by atomic mass is 9.95. The number of hydrogen-bond acceptors (Lipinski definition) is 6. The highest BCUT2D eigenvalue weighted by molar-refractivity contribution is 7.07. The molecule has 1 aliphatic rings. The minimum absolute atomic E-state index is 0.178. The van der Waals surface area contributed by atoms with E-state index in [2.05, 4.69) is 23.2 Å². The van der Waals surface area contributed by atoms with Crippen molar-refractivity contribution >= 4 is 39.8 Å². The van der Waals surface area contributed by atoms with Gasteiger partial charge in [-0.05, 0) is 54.0 Å². The van der Waals surface area contributed by atoms with Crippen LogP contribution in [0.5, 0.6) is 0 Å². The van der Waals surface area contributed by atoms with E-state index in [1.807, 2.05) is 73.6 Å². The number of hydrogen-bond donors (Lipinski definition) is 0. The summed E-state index contributed by atoms with van der Waals surface area (Å²) in [5.41, 5.74) is 3.59. The molecule has 182 valence electrons. The fourth-order valence-electron chi connectivity index (χ4n) is 4.58. The predicted octanol–water partition coefficient (Wildman–Crippen LogP) is 4.02. The number of thiazole rings is 1. The molecule has 0 bridgehead atoms. The Morgan fingerprint density at radius 2 is 1.81 bits per heavy atom.